The molecule has 0 unspecified atom stereocenters. The molecule has 0 aliphatic heterocycles. The lowest BCUT2D eigenvalue weighted by molar-refractivity contribution is 0.220. The van der Waals surface area contributed by atoms with Crippen LogP contribution in [0.3, 0.4) is 0 Å². The number of alkyl halides is 1. The monoisotopic (exact) mass is 280 g/mol. The van der Waals surface area contributed by atoms with Crippen molar-refractivity contribution in [2.24, 2.45) is 0 Å². The summed E-state index contributed by atoms with van der Waals surface area (Å²) in [7, 11) is 3.00. The Labute approximate surface area is 116 Å². The highest BCUT2D eigenvalue weighted by Gasteiger charge is 2.25. The smallest absolute Gasteiger partial charge is 0.230 e. The minimum absolute atomic E-state index is 0.138. The Hall–Kier alpha value is -2.24. The minimum Gasteiger partial charge on any atom is -0.493 e. The molecular weight excluding hydrogens is 263 g/mol. The molecule has 1 heterocycles. The van der Waals surface area contributed by atoms with Crippen molar-refractivity contribution >= 4 is 5.88 Å². The first kappa shape index (κ1) is 14.2. The summed E-state index contributed by atoms with van der Waals surface area (Å²) in [4.78, 5) is 0. The van der Waals surface area contributed by atoms with E-state index in [0.29, 0.717) is 28.2 Å². The van der Waals surface area contributed by atoms with Crippen molar-refractivity contribution in [3.05, 3.63) is 23.9 Å². The number of aromatic nitrogens is 1. The highest BCUT2D eigenvalue weighted by molar-refractivity contribution is 5.80. The highest BCUT2D eigenvalue weighted by atomic mass is 19.1. The number of methoxy groups -OCH3 is 2. The summed E-state index contributed by atoms with van der Waals surface area (Å²) in [6.07, 6.45) is 1.46. The number of nitrogens with zero attached hydrogens (tertiary/aromatic N) is 1. The van der Waals surface area contributed by atoms with Crippen molar-refractivity contribution in [2.75, 3.05) is 20.0 Å². The highest BCUT2D eigenvalue weighted by Crippen LogP contribution is 2.43. The topological polar surface area (TPSA) is 70.5 Å². The van der Waals surface area contributed by atoms with E-state index in [1.165, 1.54) is 34.3 Å². The van der Waals surface area contributed by atoms with Gasteiger partial charge in [0.15, 0.2) is 11.5 Å². The number of benzene rings is 1. The maximum absolute atomic E-state index is 14.2. The van der Waals surface area contributed by atoms with E-state index in [1.807, 2.05) is 0 Å². The van der Waals surface area contributed by atoms with Gasteiger partial charge in [-0.2, -0.15) is 0 Å². The summed E-state index contributed by atoms with van der Waals surface area (Å²) >= 11 is 0. The standard InChI is InChI=1S/C14H17FN2O3/c1-14(2,15)8-5-9(10-7-17-20-13(10)16)12(19-4)11(6-8)18-3/h5-7H,16H2,1-4H3. The molecule has 0 saturated carbocycles. The number of nitrogen functional groups attached to an aromatic ring is 1. The Kier molecular flexibility index (Phi) is 3.57. The number of hydrogen-bond donors (Lipinski definition) is 1. The fourth-order valence-electron chi connectivity index (χ4n) is 1.96. The molecule has 1 aromatic heterocycles. The van der Waals surface area contributed by atoms with Crippen molar-refractivity contribution in [3.8, 4) is 22.6 Å². The molecule has 0 aliphatic rings. The maximum atomic E-state index is 14.2. The Morgan fingerprint density at radius 3 is 2.35 bits per heavy atom. The molecule has 0 fully saturated rings. The lowest BCUT2D eigenvalue weighted by Gasteiger charge is -2.19. The van der Waals surface area contributed by atoms with Gasteiger partial charge in [-0.05, 0) is 31.5 Å². The number of halogens is 1. The van der Waals surface area contributed by atoms with Gasteiger partial charge in [0.1, 0.15) is 5.67 Å². The largest absolute Gasteiger partial charge is 0.493 e. The summed E-state index contributed by atoms with van der Waals surface area (Å²) in [5.41, 5.74) is 5.76. The zero-order valence-electron chi connectivity index (χ0n) is 11.9. The first-order valence-electron chi connectivity index (χ1n) is 6.04. The van der Waals surface area contributed by atoms with Gasteiger partial charge in [-0.15, -0.1) is 0 Å². The number of anilines is 1. The molecule has 1 aromatic carbocycles. The maximum Gasteiger partial charge on any atom is 0.230 e. The normalized spacial score (nSPS) is 11.4. The van der Waals surface area contributed by atoms with Crippen molar-refractivity contribution in [2.45, 2.75) is 19.5 Å². The molecule has 0 atom stereocenters. The van der Waals surface area contributed by atoms with Crippen LogP contribution in [0.25, 0.3) is 11.1 Å². The van der Waals surface area contributed by atoms with E-state index in [9.17, 15) is 4.39 Å². The molecular formula is C14H17FN2O3. The number of rotatable bonds is 4. The SMILES string of the molecule is COc1cc(C(C)(C)F)cc(-c2cnoc2N)c1OC. The van der Waals surface area contributed by atoms with E-state index in [1.54, 1.807) is 12.1 Å². The van der Waals surface area contributed by atoms with Gasteiger partial charge in [0.05, 0.1) is 26.0 Å². The van der Waals surface area contributed by atoms with E-state index >= 15 is 0 Å². The molecule has 0 saturated heterocycles. The quantitative estimate of drug-likeness (QED) is 0.931. The van der Waals surface area contributed by atoms with Gasteiger partial charge in [-0.3, -0.25) is 0 Å². The predicted octanol–water partition coefficient (Wildman–Crippen LogP) is 3.15. The Morgan fingerprint density at radius 1 is 1.20 bits per heavy atom. The fraction of sp³-hybridized carbons (Fsp3) is 0.357. The molecule has 108 valence electrons. The van der Waals surface area contributed by atoms with Crippen LogP contribution in [-0.2, 0) is 5.67 Å². The van der Waals surface area contributed by atoms with Crippen molar-refractivity contribution < 1.29 is 18.4 Å². The average Bonchev–Trinajstić information content (AvgIpc) is 2.82. The van der Waals surface area contributed by atoms with Crippen LogP contribution in [0.15, 0.2) is 22.9 Å². The third kappa shape index (κ3) is 2.41. The van der Waals surface area contributed by atoms with Gasteiger partial charge in [-0.1, -0.05) is 5.16 Å². The van der Waals surface area contributed by atoms with Gasteiger partial charge in [0.2, 0.25) is 5.88 Å². The summed E-state index contributed by atoms with van der Waals surface area (Å²) < 4.78 is 29.7. The number of hydrogen-bond acceptors (Lipinski definition) is 5. The lowest BCUT2D eigenvalue weighted by Crippen LogP contribution is -2.10. The van der Waals surface area contributed by atoms with Crippen LogP contribution in [0.2, 0.25) is 0 Å². The van der Waals surface area contributed by atoms with E-state index in [0.717, 1.165) is 0 Å². The summed E-state index contributed by atoms with van der Waals surface area (Å²) in [5.74, 6) is 1.01. The van der Waals surface area contributed by atoms with E-state index in [4.69, 9.17) is 19.7 Å². The lowest BCUT2D eigenvalue weighted by atomic mass is 9.95. The van der Waals surface area contributed by atoms with Gasteiger partial charge in [0, 0.05) is 5.56 Å². The van der Waals surface area contributed by atoms with Gasteiger partial charge in [0.25, 0.3) is 0 Å². The van der Waals surface area contributed by atoms with E-state index < -0.39 is 5.67 Å². The Morgan fingerprint density at radius 2 is 1.90 bits per heavy atom. The second-order valence-electron chi connectivity index (χ2n) is 4.84. The zero-order chi connectivity index (χ0) is 14.9. The molecule has 2 rings (SSSR count). The van der Waals surface area contributed by atoms with Gasteiger partial charge in [-0.25, -0.2) is 4.39 Å². The molecule has 0 radical (unpaired) electrons. The second kappa shape index (κ2) is 5.03. The summed E-state index contributed by atoms with van der Waals surface area (Å²) in [5, 5.41) is 3.63. The number of ether oxygens (including phenoxy) is 2. The third-order valence-electron chi connectivity index (χ3n) is 3.05. The molecule has 2 aromatic rings. The van der Waals surface area contributed by atoms with Crippen LogP contribution in [0.4, 0.5) is 10.3 Å². The summed E-state index contributed by atoms with van der Waals surface area (Å²) in [6, 6.07) is 3.26. The van der Waals surface area contributed by atoms with Crippen LogP contribution in [-0.4, -0.2) is 19.4 Å². The number of nitrogens with two attached hydrogens (primary N) is 1. The predicted molar refractivity (Wildman–Crippen MR) is 73.6 cm³/mol. The van der Waals surface area contributed by atoms with Crippen LogP contribution in [0.5, 0.6) is 11.5 Å². The average molecular weight is 280 g/mol. The minimum atomic E-state index is -1.53. The fourth-order valence-corrected chi connectivity index (χ4v) is 1.96. The zero-order valence-corrected chi connectivity index (χ0v) is 11.9. The molecule has 0 aliphatic carbocycles. The molecule has 20 heavy (non-hydrogen) atoms. The molecule has 0 bridgehead atoms. The molecule has 0 spiro atoms. The first-order chi connectivity index (χ1) is 9.38. The van der Waals surface area contributed by atoms with Gasteiger partial charge >= 0.3 is 0 Å². The third-order valence-corrected chi connectivity index (χ3v) is 3.05. The molecule has 6 heteroatoms. The van der Waals surface area contributed by atoms with E-state index in [2.05, 4.69) is 5.16 Å². The van der Waals surface area contributed by atoms with Crippen LogP contribution in [0, 0.1) is 0 Å². The van der Waals surface area contributed by atoms with Gasteiger partial charge < -0.3 is 19.7 Å². The Bertz CT molecular complexity index is 617. The van der Waals surface area contributed by atoms with Crippen LogP contribution in [0.1, 0.15) is 19.4 Å². The Balaban J connectivity index is 2.74. The van der Waals surface area contributed by atoms with Crippen molar-refractivity contribution in [1.29, 1.82) is 0 Å². The molecule has 0 amide bonds. The summed E-state index contributed by atoms with van der Waals surface area (Å²) in [6.45, 7) is 2.93. The van der Waals surface area contributed by atoms with Crippen LogP contribution >= 0.6 is 0 Å². The van der Waals surface area contributed by atoms with Crippen molar-refractivity contribution in [3.63, 3.8) is 0 Å². The molecule has 2 N–H and O–H groups in total. The first-order valence-corrected chi connectivity index (χ1v) is 6.04. The van der Waals surface area contributed by atoms with Crippen molar-refractivity contribution in [1.82, 2.24) is 5.16 Å². The van der Waals surface area contributed by atoms with E-state index in [-0.39, 0.29) is 5.88 Å². The van der Waals surface area contributed by atoms with Crippen LogP contribution < -0.4 is 15.2 Å². The molecule has 5 nitrogen and oxygen atoms in total. The second-order valence-corrected chi connectivity index (χ2v) is 4.84.